The fourth-order valence-electron chi connectivity index (χ4n) is 7.51. The molecule has 1 atom stereocenters. The lowest BCUT2D eigenvalue weighted by molar-refractivity contribution is -0.163. The van der Waals surface area contributed by atoms with E-state index in [0.717, 1.165) is 109 Å². The molecule has 1 unspecified atom stereocenters. The van der Waals surface area contributed by atoms with Crippen LogP contribution in [0.3, 0.4) is 0 Å². The van der Waals surface area contributed by atoms with Crippen LogP contribution in [-0.2, 0) is 23.8 Å². The second-order valence-corrected chi connectivity index (χ2v) is 18.1. The second kappa shape index (κ2) is 56.1. The van der Waals surface area contributed by atoms with Crippen LogP contribution in [0.25, 0.3) is 0 Å². The zero-order valence-electron chi connectivity index (χ0n) is 43.4. The third kappa shape index (κ3) is 53.4. The van der Waals surface area contributed by atoms with E-state index in [9.17, 15) is 9.59 Å². The minimum atomic E-state index is -0.556. The van der Waals surface area contributed by atoms with Crippen molar-refractivity contribution < 1.29 is 23.8 Å². The molecule has 0 aromatic heterocycles. The van der Waals surface area contributed by atoms with Crippen LogP contribution in [0.1, 0.15) is 252 Å². The topological polar surface area (TPSA) is 61.8 Å². The van der Waals surface area contributed by atoms with E-state index in [0.29, 0.717) is 19.4 Å². The van der Waals surface area contributed by atoms with Crippen LogP contribution in [0, 0.1) is 0 Å². The molecule has 0 aliphatic heterocycles. The molecule has 0 aromatic carbocycles. The maximum atomic E-state index is 12.8. The van der Waals surface area contributed by atoms with E-state index in [1.54, 1.807) is 0 Å². The smallest absolute Gasteiger partial charge is 0.306 e. The highest BCUT2D eigenvalue weighted by Crippen LogP contribution is 2.14. The van der Waals surface area contributed by atoms with E-state index in [1.807, 2.05) is 0 Å². The van der Waals surface area contributed by atoms with Gasteiger partial charge in [0, 0.05) is 19.4 Å². The van der Waals surface area contributed by atoms with Crippen molar-refractivity contribution in [2.24, 2.45) is 0 Å². The van der Waals surface area contributed by atoms with Gasteiger partial charge in [-0.1, -0.05) is 221 Å². The summed E-state index contributed by atoms with van der Waals surface area (Å²) in [5, 5.41) is 0. The molecule has 0 aliphatic carbocycles. The predicted molar refractivity (Wildman–Crippen MR) is 288 cm³/mol. The zero-order chi connectivity index (χ0) is 47.7. The van der Waals surface area contributed by atoms with Gasteiger partial charge in [0.1, 0.15) is 6.61 Å². The Labute approximate surface area is 409 Å². The van der Waals surface area contributed by atoms with Crippen LogP contribution < -0.4 is 0 Å². The summed E-state index contributed by atoms with van der Waals surface area (Å²) in [6.45, 7) is 7.56. The average Bonchev–Trinajstić information content (AvgIpc) is 3.32. The first kappa shape index (κ1) is 62.8. The summed E-state index contributed by atoms with van der Waals surface area (Å²) in [7, 11) is 0. The molecule has 0 spiro atoms. The standard InChI is InChI=1S/C61H104O5/c1-4-7-10-13-16-19-22-25-27-29-31-32-34-37-39-42-45-48-51-54-60(62)65-58-59(66-61(63)55-52-49-46-43-40-36-24-21-18-15-12-9-6-3)57-64-56-53-50-47-44-41-38-35-33-30-28-26-23-20-17-14-11-8-5-2/h7-8,10-11,16-17,19-21,24-28,31-32,59H,4-6,9,12-15,18,22-23,29-30,33-58H2,1-3H3/b10-7-,11-8-,19-16-,20-17-,24-21-,27-25-,28-26-,32-31-. The van der Waals surface area contributed by atoms with Gasteiger partial charge in [0.25, 0.3) is 0 Å². The molecule has 5 heteroatoms. The highest BCUT2D eigenvalue weighted by molar-refractivity contribution is 5.70. The van der Waals surface area contributed by atoms with Crippen molar-refractivity contribution in [1.29, 1.82) is 0 Å². The van der Waals surface area contributed by atoms with Crippen LogP contribution in [0.5, 0.6) is 0 Å². The number of rotatable bonds is 50. The molecule has 0 saturated heterocycles. The minimum absolute atomic E-state index is 0.0672. The van der Waals surface area contributed by atoms with Gasteiger partial charge < -0.3 is 14.2 Å². The number of ether oxygens (including phenoxy) is 3. The zero-order valence-corrected chi connectivity index (χ0v) is 43.4. The molecular formula is C61H104O5. The van der Waals surface area contributed by atoms with E-state index in [1.165, 1.54) is 109 Å². The number of unbranched alkanes of at least 4 members (excludes halogenated alkanes) is 23. The molecule has 66 heavy (non-hydrogen) atoms. The molecule has 0 fully saturated rings. The number of carbonyl (C=O) groups excluding carboxylic acids is 2. The minimum Gasteiger partial charge on any atom is -0.462 e. The highest BCUT2D eigenvalue weighted by Gasteiger charge is 2.17. The number of esters is 2. The van der Waals surface area contributed by atoms with E-state index in [2.05, 4.69) is 118 Å². The molecule has 0 heterocycles. The highest BCUT2D eigenvalue weighted by atomic mass is 16.6. The maximum absolute atomic E-state index is 12.8. The van der Waals surface area contributed by atoms with E-state index in [-0.39, 0.29) is 25.2 Å². The Balaban J connectivity index is 4.31. The summed E-state index contributed by atoms with van der Waals surface area (Å²) in [6, 6.07) is 0. The molecule has 0 aliphatic rings. The van der Waals surface area contributed by atoms with Crippen LogP contribution >= 0.6 is 0 Å². The summed E-state index contributed by atoms with van der Waals surface area (Å²) >= 11 is 0. The molecule has 0 radical (unpaired) electrons. The van der Waals surface area contributed by atoms with Crippen LogP contribution in [0.15, 0.2) is 97.2 Å². The van der Waals surface area contributed by atoms with Crippen molar-refractivity contribution >= 4 is 11.9 Å². The van der Waals surface area contributed by atoms with Gasteiger partial charge in [0.2, 0.25) is 0 Å². The van der Waals surface area contributed by atoms with Gasteiger partial charge in [-0.25, -0.2) is 0 Å². The predicted octanol–water partition coefficient (Wildman–Crippen LogP) is 19.0. The van der Waals surface area contributed by atoms with Crippen molar-refractivity contribution in [3.8, 4) is 0 Å². The summed E-state index contributed by atoms with van der Waals surface area (Å²) < 4.78 is 17.4. The quantitative estimate of drug-likeness (QED) is 0.0346. The second-order valence-electron chi connectivity index (χ2n) is 18.1. The maximum Gasteiger partial charge on any atom is 0.306 e. The van der Waals surface area contributed by atoms with Gasteiger partial charge in [-0.05, 0) is 116 Å². The Morgan fingerprint density at radius 2 is 0.682 bits per heavy atom. The van der Waals surface area contributed by atoms with Gasteiger partial charge in [0.15, 0.2) is 6.10 Å². The van der Waals surface area contributed by atoms with Crippen LogP contribution in [-0.4, -0.2) is 37.9 Å². The molecule has 0 rings (SSSR count). The van der Waals surface area contributed by atoms with Crippen molar-refractivity contribution in [3.05, 3.63) is 97.2 Å². The molecular weight excluding hydrogens is 813 g/mol. The van der Waals surface area contributed by atoms with E-state index >= 15 is 0 Å². The van der Waals surface area contributed by atoms with Gasteiger partial charge in [-0.2, -0.15) is 0 Å². The summed E-state index contributed by atoms with van der Waals surface area (Å²) in [5.74, 6) is -0.427. The summed E-state index contributed by atoms with van der Waals surface area (Å²) in [4.78, 5) is 25.5. The monoisotopic (exact) mass is 917 g/mol. The lowest BCUT2D eigenvalue weighted by atomic mass is 10.1. The number of hydrogen-bond acceptors (Lipinski definition) is 5. The Morgan fingerprint density at radius 1 is 0.348 bits per heavy atom. The molecule has 378 valence electrons. The third-order valence-electron chi connectivity index (χ3n) is 11.6. The van der Waals surface area contributed by atoms with Crippen molar-refractivity contribution in [2.75, 3.05) is 19.8 Å². The van der Waals surface area contributed by atoms with E-state index in [4.69, 9.17) is 14.2 Å². The fraction of sp³-hybridized carbons (Fsp3) is 0.705. The Kier molecular flexibility index (Phi) is 53.4. The Hall–Kier alpha value is -3.18. The Morgan fingerprint density at radius 3 is 1.11 bits per heavy atom. The molecule has 0 N–H and O–H groups in total. The fourth-order valence-corrected chi connectivity index (χ4v) is 7.51. The first-order chi connectivity index (χ1) is 32.6. The summed E-state index contributed by atoms with van der Waals surface area (Å²) in [6.07, 6.45) is 75.6. The largest absolute Gasteiger partial charge is 0.462 e. The number of carbonyl (C=O) groups is 2. The molecule has 5 nitrogen and oxygen atoms in total. The third-order valence-corrected chi connectivity index (χ3v) is 11.6. The SMILES string of the molecule is CC/C=C\C/C=C\C/C=C\C/C=C\CCCCCCCCC(=O)OCC(COCCCCCCCCCC/C=C\C/C=C\C/C=C\CC)OC(=O)CCCCCCC/C=C\CCCCCC. The molecule has 0 amide bonds. The van der Waals surface area contributed by atoms with E-state index < -0.39 is 6.10 Å². The molecule has 0 bridgehead atoms. The summed E-state index contributed by atoms with van der Waals surface area (Å²) in [5.41, 5.74) is 0. The van der Waals surface area contributed by atoms with Crippen molar-refractivity contribution in [3.63, 3.8) is 0 Å². The van der Waals surface area contributed by atoms with Crippen molar-refractivity contribution in [2.45, 2.75) is 258 Å². The lowest BCUT2D eigenvalue weighted by Gasteiger charge is -2.18. The average molecular weight is 917 g/mol. The van der Waals surface area contributed by atoms with Crippen LogP contribution in [0.2, 0.25) is 0 Å². The first-order valence-corrected chi connectivity index (χ1v) is 27.8. The van der Waals surface area contributed by atoms with Gasteiger partial charge in [0.05, 0.1) is 6.61 Å². The normalized spacial score (nSPS) is 13.0. The van der Waals surface area contributed by atoms with Gasteiger partial charge in [-0.15, -0.1) is 0 Å². The first-order valence-electron chi connectivity index (χ1n) is 27.8. The molecule has 0 aromatic rings. The number of allylic oxidation sites excluding steroid dienone is 16. The molecule has 0 saturated carbocycles. The van der Waals surface area contributed by atoms with Gasteiger partial charge in [-0.3, -0.25) is 9.59 Å². The number of hydrogen-bond donors (Lipinski definition) is 0. The van der Waals surface area contributed by atoms with Gasteiger partial charge >= 0.3 is 11.9 Å². The van der Waals surface area contributed by atoms with Crippen LogP contribution in [0.4, 0.5) is 0 Å². The van der Waals surface area contributed by atoms with Crippen molar-refractivity contribution in [1.82, 2.24) is 0 Å². The Bertz CT molecular complexity index is 1270. The lowest BCUT2D eigenvalue weighted by Crippen LogP contribution is -2.30.